The maximum atomic E-state index is 13.9. The molecular weight excluding hydrogens is 386 g/mol. The number of nitrogens with one attached hydrogen (secondary N) is 1. The standard InChI is InChI=1S/C17H11F4N3O4/c1-27-15-23-24(16(26)28-15)11-5-3-10(4-6-11)22-14(25)12-7-2-9(8-13(12)18)17(19,20)21/h2-8H,1H3,(H,22,25). The van der Waals surface area contributed by atoms with Gasteiger partial charge in [0.15, 0.2) is 0 Å². The second-order valence-corrected chi connectivity index (χ2v) is 5.44. The van der Waals surface area contributed by atoms with Crippen molar-refractivity contribution in [3.63, 3.8) is 0 Å². The SMILES string of the molecule is COc1nn(-c2ccc(NC(=O)c3ccc(C(F)(F)F)cc3F)cc2)c(=O)o1. The molecule has 1 aromatic heterocycles. The van der Waals surface area contributed by atoms with Crippen LogP contribution in [0.4, 0.5) is 23.2 Å². The third-order valence-corrected chi connectivity index (χ3v) is 3.61. The van der Waals surface area contributed by atoms with Crippen LogP contribution in [0.15, 0.2) is 51.7 Å². The number of amides is 1. The Morgan fingerprint density at radius 1 is 1.18 bits per heavy atom. The lowest BCUT2D eigenvalue weighted by atomic mass is 10.1. The molecule has 0 saturated heterocycles. The predicted molar refractivity (Wildman–Crippen MR) is 88.0 cm³/mol. The summed E-state index contributed by atoms with van der Waals surface area (Å²) in [4.78, 5) is 23.8. The van der Waals surface area contributed by atoms with Gasteiger partial charge in [-0.15, -0.1) is 0 Å². The van der Waals surface area contributed by atoms with E-state index in [-0.39, 0.29) is 17.8 Å². The number of carbonyl (C=O) groups excluding carboxylic acids is 1. The molecule has 0 unspecified atom stereocenters. The van der Waals surface area contributed by atoms with Crippen LogP contribution in [0.2, 0.25) is 0 Å². The lowest BCUT2D eigenvalue weighted by Gasteiger charge is -2.10. The summed E-state index contributed by atoms with van der Waals surface area (Å²) in [5, 5.41) is 6.11. The van der Waals surface area contributed by atoms with E-state index in [2.05, 4.69) is 10.4 Å². The Bertz CT molecular complexity index is 1070. The Morgan fingerprint density at radius 2 is 1.86 bits per heavy atom. The number of ether oxygens (including phenoxy) is 1. The third-order valence-electron chi connectivity index (χ3n) is 3.61. The number of alkyl halides is 3. The van der Waals surface area contributed by atoms with Gasteiger partial charge in [0.2, 0.25) is 0 Å². The van der Waals surface area contributed by atoms with E-state index in [0.29, 0.717) is 11.8 Å². The van der Waals surface area contributed by atoms with Gasteiger partial charge in [-0.1, -0.05) is 5.10 Å². The molecule has 1 N–H and O–H groups in total. The van der Waals surface area contributed by atoms with Gasteiger partial charge in [0.1, 0.15) is 5.82 Å². The maximum absolute atomic E-state index is 13.9. The lowest BCUT2D eigenvalue weighted by Crippen LogP contribution is -2.16. The van der Waals surface area contributed by atoms with Crippen LogP contribution in [0, 0.1) is 5.82 Å². The summed E-state index contributed by atoms with van der Waals surface area (Å²) in [6.45, 7) is 0. The van der Waals surface area contributed by atoms with Crippen LogP contribution in [0.5, 0.6) is 6.08 Å². The third kappa shape index (κ3) is 3.87. The highest BCUT2D eigenvalue weighted by atomic mass is 19.4. The fraction of sp³-hybridized carbons (Fsp3) is 0.118. The first-order chi connectivity index (χ1) is 13.2. The largest absolute Gasteiger partial charge is 0.452 e. The molecule has 0 bridgehead atoms. The molecule has 3 rings (SSSR count). The zero-order chi connectivity index (χ0) is 20.5. The van der Waals surface area contributed by atoms with E-state index in [4.69, 9.17) is 9.15 Å². The molecule has 0 aliphatic carbocycles. The fourth-order valence-electron chi connectivity index (χ4n) is 2.27. The lowest BCUT2D eigenvalue weighted by molar-refractivity contribution is -0.137. The van der Waals surface area contributed by atoms with Gasteiger partial charge in [-0.05, 0) is 42.5 Å². The first-order valence-corrected chi connectivity index (χ1v) is 7.62. The van der Waals surface area contributed by atoms with Gasteiger partial charge in [0, 0.05) is 5.69 Å². The summed E-state index contributed by atoms with van der Waals surface area (Å²) in [6.07, 6.45) is -4.95. The summed E-state index contributed by atoms with van der Waals surface area (Å²) < 4.78 is 61.9. The zero-order valence-corrected chi connectivity index (χ0v) is 14.1. The van der Waals surface area contributed by atoms with E-state index in [1.807, 2.05) is 0 Å². The summed E-state index contributed by atoms with van der Waals surface area (Å²) in [6, 6.07) is 7.24. The summed E-state index contributed by atoms with van der Waals surface area (Å²) in [7, 11) is 1.27. The van der Waals surface area contributed by atoms with Crippen molar-refractivity contribution in [2.24, 2.45) is 0 Å². The van der Waals surface area contributed by atoms with Crippen molar-refractivity contribution in [3.8, 4) is 11.8 Å². The van der Waals surface area contributed by atoms with E-state index in [1.165, 1.54) is 31.4 Å². The number of benzene rings is 2. The molecule has 2 aromatic carbocycles. The number of hydrogen-bond donors (Lipinski definition) is 1. The molecule has 7 nitrogen and oxygen atoms in total. The van der Waals surface area contributed by atoms with Crippen molar-refractivity contribution >= 4 is 11.6 Å². The molecule has 0 fully saturated rings. The molecule has 1 amide bonds. The van der Waals surface area contributed by atoms with Crippen molar-refractivity contribution in [1.82, 2.24) is 9.78 Å². The molecular formula is C17H11F4N3O4. The minimum Gasteiger partial charge on any atom is -0.452 e. The predicted octanol–water partition coefficient (Wildman–Crippen LogP) is 3.24. The molecule has 11 heteroatoms. The van der Waals surface area contributed by atoms with E-state index in [1.54, 1.807) is 0 Å². The summed E-state index contributed by atoms with van der Waals surface area (Å²) >= 11 is 0. The Hall–Kier alpha value is -3.63. The Morgan fingerprint density at radius 3 is 2.39 bits per heavy atom. The molecule has 0 saturated carbocycles. The summed E-state index contributed by atoms with van der Waals surface area (Å²) in [5.74, 6) is -3.02. The van der Waals surface area contributed by atoms with Crippen LogP contribution in [0.3, 0.4) is 0 Å². The van der Waals surface area contributed by atoms with Gasteiger partial charge >= 0.3 is 18.0 Å². The number of halogens is 4. The van der Waals surface area contributed by atoms with Crippen molar-refractivity contribution in [1.29, 1.82) is 0 Å². The minimum absolute atomic E-state index is 0.219. The Labute approximate surface area is 154 Å². The number of rotatable bonds is 4. The first kappa shape index (κ1) is 19.1. The molecule has 1 heterocycles. The molecule has 0 aliphatic heterocycles. The monoisotopic (exact) mass is 397 g/mol. The second-order valence-electron chi connectivity index (χ2n) is 5.44. The highest BCUT2D eigenvalue weighted by Crippen LogP contribution is 2.30. The molecule has 0 aliphatic rings. The van der Waals surface area contributed by atoms with Crippen molar-refractivity contribution < 1.29 is 31.5 Å². The molecule has 3 aromatic rings. The van der Waals surface area contributed by atoms with Gasteiger partial charge < -0.3 is 14.5 Å². The van der Waals surface area contributed by atoms with Crippen LogP contribution >= 0.6 is 0 Å². The van der Waals surface area contributed by atoms with Crippen LogP contribution in [-0.4, -0.2) is 22.8 Å². The smallest absolute Gasteiger partial charge is 0.444 e. The highest BCUT2D eigenvalue weighted by Gasteiger charge is 2.31. The van der Waals surface area contributed by atoms with Crippen LogP contribution in [-0.2, 0) is 6.18 Å². The van der Waals surface area contributed by atoms with E-state index in [9.17, 15) is 27.2 Å². The van der Waals surface area contributed by atoms with Gasteiger partial charge in [0.25, 0.3) is 5.91 Å². The van der Waals surface area contributed by atoms with Gasteiger partial charge in [-0.25, -0.2) is 9.18 Å². The number of nitrogens with zero attached hydrogens (tertiary/aromatic N) is 2. The van der Waals surface area contributed by atoms with E-state index >= 15 is 0 Å². The average Bonchev–Trinajstić information content (AvgIpc) is 3.02. The number of carbonyl (C=O) groups is 1. The van der Waals surface area contributed by atoms with Crippen molar-refractivity contribution in [2.75, 3.05) is 12.4 Å². The van der Waals surface area contributed by atoms with Crippen LogP contribution in [0.25, 0.3) is 5.69 Å². The van der Waals surface area contributed by atoms with Gasteiger partial charge in [0.05, 0.1) is 23.9 Å². The van der Waals surface area contributed by atoms with Crippen LogP contribution in [0.1, 0.15) is 15.9 Å². The molecule has 0 atom stereocenters. The molecule has 0 spiro atoms. The first-order valence-electron chi connectivity index (χ1n) is 7.62. The Kier molecular flexibility index (Phi) is 4.91. The highest BCUT2D eigenvalue weighted by molar-refractivity contribution is 6.04. The van der Waals surface area contributed by atoms with E-state index < -0.39 is 34.8 Å². The molecule has 28 heavy (non-hydrogen) atoms. The maximum Gasteiger partial charge on any atom is 0.444 e. The van der Waals surface area contributed by atoms with Crippen molar-refractivity contribution in [3.05, 3.63) is 70.0 Å². The number of methoxy groups -OCH3 is 1. The van der Waals surface area contributed by atoms with Crippen LogP contribution < -0.4 is 15.8 Å². The van der Waals surface area contributed by atoms with Crippen molar-refractivity contribution in [2.45, 2.75) is 6.18 Å². The minimum atomic E-state index is -4.71. The second kappa shape index (κ2) is 7.18. The normalized spacial score (nSPS) is 11.3. The quantitative estimate of drug-likeness (QED) is 0.683. The Balaban J connectivity index is 1.78. The average molecular weight is 397 g/mol. The number of hydrogen-bond acceptors (Lipinski definition) is 5. The number of aromatic nitrogens is 2. The molecule has 146 valence electrons. The zero-order valence-electron chi connectivity index (χ0n) is 14.1. The topological polar surface area (TPSA) is 86.4 Å². The fourth-order valence-corrected chi connectivity index (χ4v) is 2.27. The molecule has 0 radical (unpaired) electrons. The van der Waals surface area contributed by atoms with E-state index in [0.717, 1.165) is 10.7 Å². The van der Waals surface area contributed by atoms with Gasteiger partial charge in [-0.3, -0.25) is 4.79 Å². The van der Waals surface area contributed by atoms with Gasteiger partial charge in [-0.2, -0.15) is 17.9 Å². The summed E-state index contributed by atoms with van der Waals surface area (Å²) in [5.41, 5.74) is -1.22. The number of anilines is 1.